The Balaban J connectivity index is -0.000000690. The van der Waals surface area contributed by atoms with Gasteiger partial charge in [-0.1, -0.05) is 60.1 Å². The quantitative estimate of drug-likeness (QED) is 0.260. The highest BCUT2D eigenvalue weighted by Gasteiger charge is 2.17. The summed E-state index contributed by atoms with van der Waals surface area (Å²) in [5.41, 5.74) is 5.62. The van der Waals surface area contributed by atoms with Gasteiger partial charge >= 0.3 is 0 Å². The number of amides is 1. The van der Waals surface area contributed by atoms with Crippen LogP contribution in [0.4, 0.5) is 17.6 Å². The third kappa shape index (κ3) is 13.7. The van der Waals surface area contributed by atoms with Gasteiger partial charge in [0.15, 0.2) is 11.5 Å². The van der Waals surface area contributed by atoms with Crippen molar-refractivity contribution in [2.45, 2.75) is 54.4 Å². The molecule has 3 rings (SSSR count). The van der Waals surface area contributed by atoms with E-state index in [-0.39, 0.29) is 23.0 Å². The molecular weight excluding hydrogens is 502 g/mol. The zero-order chi connectivity index (χ0) is 30.3. The number of hydrogen-bond acceptors (Lipinski definition) is 4. The average Bonchev–Trinajstić information content (AvgIpc) is 3.39. The monoisotopic (exact) mass is 543 g/mol. The number of aromatic nitrogens is 2. The fourth-order valence-electron chi connectivity index (χ4n) is 2.72. The maximum Gasteiger partial charge on any atom is 0.269 e. The largest absolute Gasteiger partial charge is 0.400 e. The van der Waals surface area contributed by atoms with Gasteiger partial charge in [0.1, 0.15) is 23.6 Å². The second-order valence-electron chi connectivity index (χ2n) is 6.70. The molecule has 1 atom stereocenters. The maximum absolute atomic E-state index is 14.0. The lowest BCUT2D eigenvalue weighted by Crippen LogP contribution is -2.12. The summed E-state index contributed by atoms with van der Waals surface area (Å²) in [7, 11) is 1.50. The van der Waals surface area contributed by atoms with Crippen molar-refractivity contribution >= 4 is 12.2 Å². The Kier molecular flexibility index (Phi) is 24.5. The number of primary amides is 1. The number of nitrogens with two attached hydrogens (primary N) is 1. The van der Waals surface area contributed by atoms with Gasteiger partial charge in [-0.3, -0.25) is 9.18 Å². The molecule has 3 aromatic rings. The number of alkyl halides is 1. The average molecular weight is 544 g/mol. The zero-order valence-corrected chi connectivity index (χ0v) is 23.4. The number of aliphatic hydroxyl groups is 1. The van der Waals surface area contributed by atoms with E-state index in [0.29, 0.717) is 18.8 Å². The summed E-state index contributed by atoms with van der Waals surface area (Å²) in [6.45, 7) is 12.0. The highest BCUT2D eigenvalue weighted by atomic mass is 19.1. The van der Waals surface area contributed by atoms with Crippen molar-refractivity contribution < 1.29 is 32.3 Å². The molecule has 1 heterocycles. The maximum atomic E-state index is 14.0. The number of nitrogens with zero attached hydrogens (tertiary/aromatic N) is 2. The molecular formula is C28H41F4N3O3. The van der Waals surface area contributed by atoms with Crippen LogP contribution in [-0.2, 0) is 4.79 Å². The molecule has 6 nitrogen and oxygen atoms in total. The lowest BCUT2D eigenvalue weighted by molar-refractivity contribution is -0.110. The van der Waals surface area contributed by atoms with Crippen LogP contribution in [0.1, 0.15) is 64.9 Å². The number of benzene rings is 2. The molecule has 38 heavy (non-hydrogen) atoms. The van der Waals surface area contributed by atoms with Crippen molar-refractivity contribution in [2.75, 3.05) is 14.3 Å². The first kappa shape index (κ1) is 39.0. The summed E-state index contributed by atoms with van der Waals surface area (Å²) in [5.74, 6) is -2.67. The third-order valence-electron chi connectivity index (χ3n) is 4.20. The number of aldehydes is 1. The van der Waals surface area contributed by atoms with Crippen LogP contribution in [0, 0.1) is 23.4 Å². The molecule has 0 aliphatic carbocycles. The Morgan fingerprint density at radius 3 is 1.97 bits per heavy atom. The second-order valence-corrected chi connectivity index (χ2v) is 6.70. The third-order valence-corrected chi connectivity index (χ3v) is 4.20. The summed E-state index contributed by atoms with van der Waals surface area (Å²) >= 11 is 0. The van der Waals surface area contributed by atoms with Gasteiger partial charge < -0.3 is 15.6 Å². The molecule has 10 heteroatoms. The molecule has 0 radical (unpaired) electrons. The van der Waals surface area contributed by atoms with Gasteiger partial charge in [-0.2, -0.15) is 5.10 Å². The molecule has 0 saturated carbocycles. The predicted molar refractivity (Wildman–Crippen MR) is 145 cm³/mol. The zero-order valence-electron chi connectivity index (χ0n) is 23.4. The van der Waals surface area contributed by atoms with Crippen LogP contribution >= 0.6 is 0 Å². The van der Waals surface area contributed by atoms with E-state index >= 15 is 0 Å². The molecule has 0 aliphatic rings. The van der Waals surface area contributed by atoms with E-state index in [9.17, 15) is 27.2 Å². The lowest BCUT2D eigenvalue weighted by Gasteiger charge is -2.08. The van der Waals surface area contributed by atoms with Crippen LogP contribution in [0.25, 0.3) is 16.9 Å². The van der Waals surface area contributed by atoms with Gasteiger partial charge in [0.05, 0.1) is 12.9 Å². The van der Waals surface area contributed by atoms with Crippen molar-refractivity contribution in [2.24, 2.45) is 11.7 Å². The lowest BCUT2D eigenvalue weighted by atomic mass is 10.1. The molecule has 214 valence electrons. The van der Waals surface area contributed by atoms with E-state index in [4.69, 9.17) is 10.8 Å². The van der Waals surface area contributed by atoms with Gasteiger partial charge in [-0.15, -0.1) is 0 Å². The molecule has 0 saturated heterocycles. The highest BCUT2D eigenvalue weighted by Crippen LogP contribution is 2.26. The minimum Gasteiger partial charge on any atom is -0.400 e. The topological polar surface area (TPSA) is 98.2 Å². The normalized spacial score (nSPS) is 9.61. The molecule has 1 unspecified atom stereocenters. The van der Waals surface area contributed by atoms with Crippen molar-refractivity contribution in [3.63, 3.8) is 0 Å². The van der Waals surface area contributed by atoms with Crippen LogP contribution in [0.15, 0.2) is 48.5 Å². The minimum atomic E-state index is -0.873. The summed E-state index contributed by atoms with van der Waals surface area (Å²) in [4.78, 5) is 21.2. The van der Waals surface area contributed by atoms with Gasteiger partial charge in [0, 0.05) is 24.7 Å². The van der Waals surface area contributed by atoms with E-state index in [1.807, 2.05) is 34.6 Å². The summed E-state index contributed by atoms with van der Waals surface area (Å²) in [6.07, 6.45) is 3.15. The number of carbonyl (C=O) groups excluding carboxylic acids is 2. The number of halogens is 4. The fraction of sp³-hybridized carbons (Fsp3) is 0.393. The van der Waals surface area contributed by atoms with Gasteiger partial charge in [-0.25, -0.2) is 17.9 Å². The minimum absolute atomic E-state index is 0.0850. The number of carbonyl (C=O) groups is 2. The predicted octanol–water partition coefficient (Wildman–Crippen LogP) is 6.92. The fourth-order valence-corrected chi connectivity index (χ4v) is 2.72. The van der Waals surface area contributed by atoms with Crippen molar-refractivity contribution in [3.8, 4) is 16.9 Å². The Bertz CT molecular complexity index is 1040. The highest BCUT2D eigenvalue weighted by molar-refractivity contribution is 5.92. The summed E-state index contributed by atoms with van der Waals surface area (Å²) in [6, 6.07) is 9.73. The van der Waals surface area contributed by atoms with Crippen molar-refractivity contribution in [1.29, 1.82) is 0 Å². The molecule has 0 bridgehead atoms. The Hall–Kier alpha value is -3.53. The van der Waals surface area contributed by atoms with Gasteiger partial charge in [-0.05, 0) is 36.8 Å². The SMILES string of the molecule is CC.CC.CCCC(C)C=O.CF.CO.NC(=O)c1cc(-c2cccc(F)c2)n(-c2ccc(F)cc2F)n1. The van der Waals surface area contributed by atoms with E-state index in [0.717, 1.165) is 37.0 Å². The number of rotatable bonds is 6. The molecule has 1 aromatic heterocycles. The Morgan fingerprint density at radius 1 is 1.00 bits per heavy atom. The first-order valence-electron chi connectivity index (χ1n) is 12.2. The van der Waals surface area contributed by atoms with E-state index < -0.39 is 23.4 Å². The van der Waals surface area contributed by atoms with Gasteiger partial charge in [0.25, 0.3) is 5.91 Å². The van der Waals surface area contributed by atoms with Gasteiger partial charge in [0.2, 0.25) is 0 Å². The molecule has 0 spiro atoms. The smallest absolute Gasteiger partial charge is 0.269 e. The second kappa shape index (κ2) is 23.8. The molecule has 0 fully saturated rings. The first-order valence-corrected chi connectivity index (χ1v) is 12.2. The Morgan fingerprint density at radius 2 is 1.55 bits per heavy atom. The molecule has 2 aromatic carbocycles. The standard InChI is InChI=1S/C16H10F3N3O.C6H12O.2C2H6.CH3F.CH4O/c17-10-3-1-2-9(6-10)15-8-13(16(20)23)21-22(15)14-5-4-11(18)7-12(14)19;1-3-4-6(2)5-7;4*1-2/h1-8H,(H2,20,23);5-6H,3-4H2,1-2H3;2*1-2H3;1H3;2H,1H3. The van der Waals surface area contributed by atoms with Crippen molar-refractivity contribution in [3.05, 3.63) is 71.7 Å². The van der Waals surface area contributed by atoms with E-state index in [1.54, 1.807) is 6.07 Å². The molecule has 3 N–H and O–H groups in total. The number of aliphatic hydroxyl groups excluding tert-OH is 1. The van der Waals surface area contributed by atoms with Crippen LogP contribution < -0.4 is 5.73 Å². The van der Waals surface area contributed by atoms with E-state index in [1.165, 1.54) is 30.3 Å². The van der Waals surface area contributed by atoms with Crippen molar-refractivity contribution in [1.82, 2.24) is 9.78 Å². The molecule has 0 aliphatic heterocycles. The first-order chi connectivity index (χ1) is 18.3. The number of hydrogen-bond donors (Lipinski definition) is 2. The summed E-state index contributed by atoms with van der Waals surface area (Å²) in [5, 5.41) is 10.9. The van der Waals surface area contributed by atoms with Crippen LogP contribution in [-0.4, -0.2) is 41.4 Å². The summed E-state index contributed by atoms with van der Waals surface area (Å²) < 4.78 is 51.1. The van der Waals surface area contributed by atoms with Crippen LogP contribution in [0.2, 0.25) is 0 Å². The van der Waals surface area contributed by atoms with E-state index in [2.05, 4.69) is 12.0 Å². The Labute approximate surface area is 223 Å². The molecule has 1 amide bonds. The van der Waals surface area contributed by atoms with Crippen LogP contribution in [0.5, 0.6) is 0 Å². The van der Waals surface area contributed by atoms with Crippen LogP contribution in [0.3, 0.4) is 0 Å².